The van der Waals surface area contributed by atoms with E-state index in [4.69, 9.17) is 4.74 Å². The van der Waals surface area contributed by atoms with Gasteiger partial charge in [0.2, 0.25) is 5.91 Å². The molecule has 2 aromatic rings. The van der Waals surface area contributed by atoms with E-state index in [0.717, 1.165) is 17.7 Å². The van der Waals surface area contributed by atoms with Crippen LogP contribution in [-0.4, -0.2) is 24.5 Å². The van der Waals surface area contributed by atoms with E-state index >= 15 is 0 Å². The normalized spacial score (nSPS) is 17.1. The first-order valence-corrected chi connectivity index (χ1v) is 7.60. The molecule has 0 spiro atoms. The topological polar surface area (TPSA) is 29.5 Å². The quantitative estimate of drug-likeness (QED) is 0.868. The molecule has 1 amide bonds. The van der Waals surface area contributed by atoms with Crippen molar-refractivity contribution in [2.75, 3.05) is 13.7 Å². The average Bonchev–Trinajstić information content (AvgIpc) is 2.99. The van der Waals surface area contributed by atoms with E-state index < -0.39 is 0 Å². The highest BCUT2D eigenvalue weighted by molar-refractivity contribution is 7.09. The van der Waals surface area contributed by atoms with E-state index in [2.05, 4.69) is 6.07 Å². The van der Waals surface area contributed by atoms with Crippen LogP contribution in [0, 0.1) is 5.92 Å². The Labute approximate surface area is 122 Å². The van der Waals surface area contributed by atoms with Crippen LogP contribution in [0.2, 0.25) is 0 Å². The molecule has 4 heteroatoms. The molecule has 104 valence electrons. The number of nitrogens with zero attached hydrogens (tertiary/aromatic N) is 1. The lowest BCUT2D eigenvalue weighted by Crippen LogP contribution is -2.38. The molecule has 0 aliphatic carbocycles. The Bertz CT molecular complexity index is 594. The molecule has 20 heavy (non-hydrogen) atoms. The predicted molar refractivity (Wildman–Crippen MR) is 79.9 cm³/mol. The third-order valence-electron chi connectivity index (χ3n) is 3.58. The predicted octanol–water partition coefficient (Wildman–Crippen LogP) is 2.96. The van der Waals surface area contributed by atoms with Gasteiger partial charge in [-0.2, -0.15) is 0 Å². The number of ether oxygens (including phenoxy) is 1. The smallest absolute Gasteiger partial charge is 0.229 e. The summed E-state index contributed by atoms with van der Waals surface area (Å²) in [5.74, 6) is 1.00. The van der Waals surface area contributed by atoms with Crippen LogP contribution < -0.4 is 4.74 Å². The molecule has 0 radical (unpaired) electrons. The fourth-order valence-corrected chi connectivity index (χ4v) is 3.27. The molecule has 1 atom stereocenters. The van der Waals surface area contributed by atoms with Crippen LogP contribution >= 0.6 is 11.3 Å². The lowest BCUT2D eigenvalue weighted by atomic mass is 9.95. The van der Waals surface area contributed by atoms with Crippen molar-refractivity contribution < 1.29 is 9.53 Å². The van der Waals surface area contributed by atoms with Gasteiger partial charge in [0.15, 0.2) is 0 Å². The summed E-state index contributed by atoms with van der Waals surface area (Å²) in [6.07, 6.45) is 0.768. The molecular weight excluding hydrogens is 270 g/mol. The molecule has 1 unspecified atom stereocenters. The third-order valence-corrected chi connectivity index (χ3v) is 4.44. The standard InChI is InChI=1S/C16H17NO2S/c1-17(10-14-6-4-8-20-14)16(18)13-9-12-5-2-3-7-15(12)19-11-13/h2-8,13H,9-11H2,1H3. The minimum atomic E-state index is -0.0742. The van der Waals surface area contributed by atoms with Crippen LogP contribution in [0.3, 0.4) is 0 Å². The number of rotatable bonds is 3. The summed E-state index contributed by atoms with van der Waals surface area (Å²) in [7, 11) is 1.86. The van der Waals surface area contributed by atoms with E-state index in [0.29, 0.717) is 13.2 Å². The number of thiophene rings is 1. The molecule has 0 saturated carbocycles. The van der Waals surface area contributed by atoms with Crippen molar-refractivity contribution in [2.45, 2.75) is 13.0 Å². The monoisotopic (exact) mass is 287 g/mol. The maximum absolute atomic E-state index is 12.5. The van der Waals surface area contributed by atoms with E-state index in [1.807, 2.05) is 42.8 Å². The fraction of sp³-hybridized carbons (Fsp3) is 0.312. The molecule has 0 N–H and O–H groups in total. The molecule has 3 rings (SSSR count). The lowest BCUT2D eigenvalue weighted by molar-refractivity contribution is -0.136. The summed E-state index contributed by atoms with van der Waals surface area (Å²) in [6, 6.07) is 12.0. The van der Waals surface area contributed by atoms with E-state index in [-0.39, 0.29) is 11.8 Å². The van der Waals surface area contributed by atoms with Crippen molar-refractivity contribution in [1.29, 1.82) is 0 Å². The summed E-state index contributed by atoms with van der Waals surface area (Å²) < 4.78 is 5.70. The van der Waals surface area contributed by atoms with Crippen LogP contribution in [-0.2, 0) is 17.8 Å². The lowest BCUT2D eigenvalue weighted by Gasteiger charge is -2.28. The number of benzene rings is 1. The average molecular weight is 287 g/mol. The Morgan fingerprint density at radius 1 is 1.35 bits per heavy atom. The van der Waals surface area contributed by atoms with E-state index in [1.54, 1.807) is 16.2 Å². The van der Waals surface area contributed by atoms with E-state index in [9.17, 15) is 4.79 Å². The van der Waals surface area contributed by atoms with Gasteiger partial charge in [0.1, 0.15) is 12.4 Å². The molecular formula is C16H17NO2S. The minimum absolute atomic E-state index is 0.0742. The Balaban J connectivity index is 1.66. The second kappa shape index (κ2) is 5.67. The zero-order valence-electron chi connectivity index (χ0n) is 11.4. The van der Waals surface area contributed by atoms with Gasteiger partial charge in [0.05, 0.1) is 12.5 Å². The Morgan fingerprint density at radius 3 is 3.00 bits per heavy atom. The van der Waals surface area contributed by atoms with Crippen molar-refractivity contribution >= 4 is 17.2 Å². The van der Waals surface area contributed by atoms with Crippen molar-refractivity contribution in [3.63, 3.8) is 0 Å². The van der Waals surface area contributed by atoms with Gasteiger partial charge in [0, 0.05) is 11.9 Å². The van der Waals surface area contributed by atoms with Gasteiger partial charge in [-0.15, -0.1) is 11.3 Å². The molecule has 0 bridgehead atoms. The first-order chi connectivity index (χ1) is 9.74. The Morgan fingerprint density at radius 2 is 2.20 bits per heavy atom. The van der Waals surface area contributed by atoms with Gasteiger partial charge in [-0.05, 0) is 29.5 Å². The maximum Gasteiger partial charge on any atom is 0.229 e. The summed E-state index contributed by atoms with van der Waals surface area (Å²) in [5.41, 5.74) is 1.13. The molecule has 1 aromatic carbocycles. The van der Waals surface area contributed by atoms with Crippen LogP contribution in [0.4, 0.5) is 0 Å². The van der Waals surface area contributed by atoms with Crippen molar-refractivity contribution in [2.24, 2.45) is 5.92 Å². The number of amides is 1. The Kier molecular flexibility index (Phi) is 3.74. The zero-order chi connectivity index (χ0) is 13.9. The zero-order valence-corrected chi connectivity index (χ0v) is 12.2. The number of hydrogen-bond donors (Lipinski definition) is 0. The number of carbonyl (C=O) groups is 1. The van der Waals surface area contributed by atoms with Crippen LogP contribution in [0.5, 0.6) is 5.75 Å². The van der Waals surface area contributed by atoms with Gasteiger partial charge in [-0.1, -0.05) is 24.3 Å². The molecule has 1 aliphatic rings. The highest BCUT2D eigenvalue weighted by atomic mass is 32.1. The first kappa shape index (κ1) is 13.2. The Hall–Kier alpha value is -1.81. The highest BCUT2D eigenvalue weighted by Crippen LogP contribution is 2.27. The summed E-state index contributed by atoms with van der Waals surface area (Å²) in [4.78, 5) is 15.5. The van der Waals surface area contributed by atoms with Crippen molar-refractivity contribution in [3.8, 4) is 5.75 Å². The number of para-hydroxylation sites is 1. The fourth-order valence-electron chi connectivity index (χ4n) is 2.51. The van der Waals surface area contributed by atoms with Crippen LogP contribution in [0.1, 0.15) is 10.4 Å². The summed E-state index contributed by atoms with van der Waals surface area (Å²) >= 11 is 1.68. The molecule has 2 heterocycles. The number of fused-ring (bicyclic) bond motifs is 1. The minimum Gasteiger partial charge on any atom is -0.492 e. The summed E-state index contributed by atoms with van der Waals surface area (Å²) in [6.45, 7) is 1.15. The molecule has 3 nitrogen and oxygen atoms in total. The summed E-state index contributed by atoms with van der Waals surface area (Å²) in [5, 5.41) is 2.04. The number of hydrogen-bond acceptors (Lipinski definition) is 3. The van der Waals surface area contributed by atoms with E-state index in [1.165, 1.54) is 4.88 Å². The SMILES string of the molecule is CN(Cc1cccs1)C(=O)C1COc2ccccc2C1. The van der Waals surface area contributed by atoms with Crippen molar-refractivity contribution in [1.82, 2.24) is 4.90 Å². The third kappa shape index (κ3) is 2.70. The molecule has 1 aromatic heterocycles. The first-order valence-electron chi connectivity index (χ1n) is 6.72. The van der Waals surface area contributed by atoms with Gasteiger partial charge >= 0.3 is 0 Å². The van der Waals surface area contributed by atoms with Crippen LogP contribution in [0.25, 0.3) is 0 Å². The van der Waals surface area contributed by atoms with Gasteiger partial charge in [0.25, 0.3) is 0 Å². The van der Waals surface area contributed by atoms with Gasteiger partial charge < -0.3 is 9.64 Å². The maximum atomic E-state index is 12.5. The van der Waals surface area contributed by atoms with Gasteiger partial charge in [-0.3, -0.25) is 4.79 Å². The molecule has 0 fully saturated rings. The largest absolute Gasteiger partial charge is 0.492 e. The second-order valence-electron chi connectivity index (χ2n) is 5.09. The molecule has 0 saturated heterocycles. The second-order valence-corrected chi connectivity index (χ2v) is 6.13. The highest BCUT2D eigenvalue weighted by Gasteiger charge is 2.28. The molecule has 1 aliphatic heterocycles. The van der Waals surface area contributed by atoms with Gasteiger partial charge in [-0.25, -0.2) is 0 Å². The van der Waals surface area contributed by atoms with Crippen molar-refractivity contribution in [3.05, 3.63) is 52.2 Å². The number of carbonyl (C=O) groups excluding carboxylic acids is 1. The van der Waals surface area contributed by atoms with Crippen LogP contribution in [0.15, 0.2) is 41.8 Å².